The fraction of sp³-hybridized carbons (Fsp3) is 0.562. The van der Waals surface area contributed by atoms with E-state index in [0.717, 1.165) is 13.0 Å². The van der Waals surface area contributed by atoms with E-state index in [-0.39, 0.29) is 17.0 Å². The number of nitrogens with zero attached hydrogens (tertiary/aromatic N) is 2. The van der Waals surface area contributed by atoms with E-state index in [1.807, 2.05) is 0 Å². The fourth-order valence-electron chi connectivity index (χ4n) is 3.82. The lowest BCUT2D eigenvalue weighted by atomic mass is 9.76. The van der Waals surface area contributed by atoms with Crippen molar-refractivity contribution in [2.45, 2.75) is 45.2 Å². The first-order valence-corrected chi connectivity index (χ1v) is 7.12. The normalized spacial score (nSPS) is 27.7. The van der Waals surface area contributed by atoms with Crippen molar-refractivity contribution in [3.63, 3.8) is 0 Å². The molecule has 0 saturated carbocycles. The number of rotatable bonds is 2. The standard InChI is InChI=1S/C16H22N2O/c1-5-10-17-14(19)11-18-13-9-7-6-8-12(13)15(2,3)16(17,18)4/h6-9H,5,10-11H2,1-4H3. The largest absolute Gasteiger partial charge is 0.338 e. The van der Waals surface area contributed by atoms with Crippen LogP contribution in [0.3, 0.4) is 0 Å². The molecule has 102 valence electrons. The first kappa shape index (κ1) is 12.5. The molecule has 2 heterocycles. The summed E-state index contributed by atoms with van der Waals surface area (Å²) in [4.78, 5) is 16.7. The molecule has 1 atom stereocenters. The zero-order valence-corrected chi connectivity index (χ0v) is 12.2. The van der Waals surface area contributed by atoms with E-state index < -0.39 is 0 Å². The molecule has 0 N–H and O–H groups in total. The van der Waals surface area contributed by atoms with E-state index in [1.54, 1.807) is 0 Å². The maximum absolute atomic E-state index is 12.4. The molecule has 2 aliphatic heterocycles. The molecule has 2 aliphatic rings. The second-order valence-electron chi connectivity index (χ2n) is 6.29. The van der Waals surface area contributed by atoms with E-state index in [1.165, 1.54) is 11.3 Å². The number of fused-ring (bicyclic) bond motifs is 3. The Hall–Kier alpha value is -1.51. The smallest absolute Gasteiger partial charge is 0.244 e. The quantitative estimate of drug-likeness (QED) is 0.814. The van der Waals surface area contributed by atoms with Crippen molar-refractivity contribution in [2.75, 3.05) is 18.0 Å². The van der Waals surface area contributed by atoms with Gasteiger partial charge in [-0.15, -0.1) is 0 Å². The number of amides is 1. The molecule has 0 spiro atoms. The molecule has 1 fully saturated rings. The predicted octanol–water partition coefficient (Wildman–Crippen LogP) is 2.75. The summed E-state index contributed by atoms with van der Waals surface area (Å²) in [5, 5.41) is 0. The lowest BCUT2D eigenvalue weighted by Gasteiger charge is -2.46. The van der Waals surface area contributed by atoms with Crippen molar-refractivity contribution < 1.29 is 4.79 Å². The molecule has 3 heteroatoms. The van der Waals surface area contributed by atoms with Crippen LogP contribution in [0.15, 0.2) is 24.3 Å². The third-order valence-electron chi connectivity index (χ3n) is 5.15. The van der Waals surface area contributed by atoms with Crippen molar-refractivity contribution in [2.24, 2.45) is 0 Å². The first-order valence-electron chi connectivity index (χ1n) is 7.12. The Bertz CT molecular complexity index is 537. The molecule has 0 radical (unpaired) electrons. The molecule has 1 aromatic rings. The Kier molecular flexibility index (Phi) is 2.47. The lowest BCUT2D eigenvalue weighted by molar-refractivity contribution is -0.131. The van der Waals surface area contributed by atoms with Gasteiger partial charge in [0.05, 0.1) is 6.54 Å². The van der Waals surface area contributed by atoms with Gasteiger partial charge in [0.15, 0.2) is 0 Å². The number of hydrogen-bond acceptors (Lipinski definition) is 2. The summed E-state index contributed by atoms with van der Waals surface area (Å²) >= 11 is 0. The molecule has 19 heavy (non-hydrogen) atoms. The van der Waals surface area contributed by atoms with Gasteiger partial charge in [0, 0.05) is 17.6 Å². The van der Waals surface area contributed by atoms with Crippen molar-refractivity contribution in [1.82, 2.24) is 4.90 Å². The van der Waals surface area contributed by atoms with Crippen molar-refractivity contribution >= 4 is 11.6 Å². The van der Waals surface area contributed by atoms with Gasteiger partial charge < -0.3 is 9.80 Å². The van der Waals surface area contributed by atoms with Crippen LogP contribution in [0.4, 0.5) is 5.69 Å². The molecule has 3 nitrogen and oxygen atoms in total. The average molecular weight is 258 g/mol. The van der Waals surface area contributed by atoms with Crippen molar-refractivity contribution in [3.8, 4) is 0 Å². The Balaban J connectivity index is 2.18. The van der Waals surface area contributed by atoms with Crippen molar-refractivity contribution in [1.29, 1.82) is 0 Å². The Morgan fingerprint density at radius 2 is 1.89 bits per heavy atom. The van der Waals surface area contributed by atoms with Gasteiger partial charge in [0.25, 0.3) is 0 Å². The highest BCUT2D eigenvalue weighted by Gasteiger charge is 2.61. The summed E-state index contributed by atoms with van der Waals surface area (Å²) in [5.41, 5.74) is 2.29. The summed E-state index contributed by atoms with van der Waals surface area (Å²) in [5.74, 6) is 0.256. The third-order valence-corrected chi connectivity index (χ3v) is 5.15. The minimum Gasteiger partial charge on any atom is -0.338 e. The second kappa shape index (κ2) is 3.75. The van der Waals surface area contributed by atoms with E-state index in [2.05, 4.69) is 61.8 Å². The number of carbonyl (C=O) groups excluding carboxylic acids is 1. The number of hydrogen-bond donors (Lipinski definition) is 0. The van der Waals surface area contributed by atoms with Gasteiger partial charge in [-0.3, -0.25) is 4.79 Å². The molecule has 0 bridgehead atoms. The highest BCUT2D eigenvalue weighted by atomic mass is 16.2. The van der Waals surface area contributed by atoms with Gasteiger partial charge in [-0.05, 0) is 25.0 Å². The third kappa shape index (κ3) is 1.31. The summed E-state index contributed by atoms with van der Waals surface area (Å²) in [6.07, 6.45) is 1.00. The topological polar surface area (TPSA) is 23.6 Å². The first-order chi connectivity index (χ1) is 8.94. The Labute approximate surface area is 115 Å². The van der Waals surface area contributed by atoms with Gasteiger partial charge in [-0.25, -0.2) is 0 Å². The molecule has 3 rings (SSSR count). The van der Waals surface area contributed by atoms with Gasteiger partial charge in [0.2, 0.25) is 5.91 Å². The van der Waals surface area contributed by atoms with Gasteiger partial charge >= 0.3 is 0 Å². The number of anilines is 1. The fourth-order valence-corrected chi connectivity index (χ4v) is 3.82. The van der Waals surface area contributed by atoms with E-state index in [9.17, 15) is 4.79 Å². The molecule has 0 aromatic heterocycles. The molecule has 0 aliphatic carbocycles. The van der Waals surface area contributed by atoms with Crippen LogP contribution in [-0.4, -0.2) is 29.6 Å². The van der Waals surface area contributed by atoms with Crippen LogP contribution >= 0.6 is 0 Å². The van der Waals surface area contributed by atoms with Gasteiger partial charge in [-0.1, -0.05) is 39.0 Å². The maximum Gasteiger partial charge on any atom is 0.244 e. The Morgan fingerprint density at radius 1 is 1.21 bits per heavy atom. The predicted molar refractivity (Wildman–Crippen MR) is 77.2 cm³/mol. The molecular weight excluding hydrogens is 236 g/mol. The van der Waals surface area contributed by atoms with Crippen LogP contribution in [0.1, 0.15) is 39.7 Å². The zero-order valence-electron chi connectivity index (χ0n) is 12.2. The average Bonchev–Trinajstić information content (AvgIpc) is 2.73. The molecule has 1 aromatic carbocycles. The van der Waals surface area contributed by atoms with E-state index in [4.69, 9.17) is 0 Å². The highest BCUT2D eigenvalue weighted by molar-refractivity contribution is 5.90. The molecule has 1 saturated heterocycles. The van der Waals surface area contributed by atoms with Crippen LogP contribution in [0.2, 0.25) is 0 Å². The number of carbonyl (C=O) groups is 1. The minimum atomic E-state index is -0.232. The summed E-state index contributed by atoms with van der Waals surface area (Å²) in [7, 11) is 0. The van der Waals surface area contributed by atoms with Crippen LogP contribution in [0.25, 0.3) is 0 Å². The highest BCUT2D eigenvalue weighted by Crippen LogP contribution is 2.55. The minimum absolute atomic E-state index is 0.0507. The maximum atomic E-state index is 12.4. The molecule has 1 unspecified atom stereocenters. The van der Waals surface area contributed by atoms with E-state index in [0.29, 0.717) is 6.54 Å². The molecule has 1 amide bonds. The van der Waals surface area contributed by atoms with Crippen molar-refractivity contribution in [3.05, 3.63) is 29.8 Å². The zero-order chi connectivity index (χ0) is 13.8. The van der Waals surface area contributed by atoms with E-state index >= 15 is 0 Å². The van der Waals surface area contributed by atoms with Gasteiger partial charge in [0.1, 0.15) is 5.66 Å². The number of benzene rings is 1. The SMILES string of the molecule is CCCN1C(=O)CN2c3ccccc3C(C)(C)C12C. The monoisotopic (exact) mass is 258 g/mol. The van der Waals surface area contributed by atoms with Crippen LogP contribution < -0.4 is 4.90 Å². The van der Waals surface area contributed by atoms with Gasteiger partial charge in [-0.2, -0.15) is 0 Å². The Morgan fingerprint density at radius 3 is 2.58 bits per heavy atom. The molecular formula is C16H22N2O. The summed E-state index contributed by atoms with van der Waals surface area (Å²) < 4.78 is 0. The number of para-hydroxylation sites is 1. The summed E-state index contributed by atoms with van der Waals surface area (Å²) in [6.45, 7) is 10.2. The van der Waals surface area contributed by atoms with Crippen LogP contribution in [0, 0.1) is 0 Å². The second-order valence-corrected chi connectivity index (χ2v) is 6.29. The lowest BCUT2D eigenvalue weighted by Crippen LogP contribution is -2.59. The van der Waals surface area contributed by atoms with Crippen LogP contribution in [-0.2, 0) is 10.2 Å². The van der Waals surface area contributed by atoms with Crippen LogP contribution in [0.5, 0.6) is 0 Å². The summed E-state index contributed by atoms with van der Waals surface area (Å²) in [6, 6.07) is 8.50.